The normalized spacial score (nSPS) is 26.2. The maximum Gasteiger partial charge on any atom is 0.122 e. The van der Waals surface area contributed by atoms with Gasteiger partial charge in [-0.2, -0.15) is 0 Å². The van der Waals surface area contributed by atoms with Crippen LogP contribution in [0.4, 0.5) is 0 Å². The molecule has 0 saturated heterocycles. The van der Waals surface area contributed by atoms with Crippen LogP contribution in [0.1, 0.15) is 31.5 Å². The Kier molecular flexibility index (Phi) is 3.09. The average molecular weight is 276 g/mol. The highest BCUT2D eigenvalue weighted by Gasteiger charge is 2.48. The summed E-state index contributed by atoms with van der Waals surface area (Å²) in [4.78, 5) is 6.90. The van der Waals surface area contributed by atoms with Gasteiger partial charge in [0, 0.05) is 38.1 Å². The third kappa shape index (κ3) is 2.38. The van der Waals surface area contributed by atoms with E-state index in [1.807, 2.05) is 6.20 Å². The lowest BCUT2D eigenvalue weighted by atomic mass is 9.92. The molecule has 0 bridgehead atoms. The quantitative estimate of drug-likeness (QED) is 0.798. The van der Waals surface area contributed by atoms with Crippen LogP contribution in [0.2, 0.25) is 0 Å². The Bertz CT molecular complexity index is 480. The SMILES string of the molecule is OCC(CN1CCn2ccnc2C1)(NC1CC1)C1CC1. The van der Waals surface area contributed by atoms with E-state index in [0.717, 1.165) is 32.0 Å². The lowest BCUT2D eigenvalue weighted by Crippen LogP contribution is -2.59. The molecular weight excluding hydrogens is 252 g/mol. The number of aliphatic hydroxyl groups is 1. The fourth-order valence-electron chi connectivity index (χ4n) is 3.54. The van der Waals surface area contributed by atoms with Crippen molar-refractivity contribution in [3.05, 3.63) is 18.2 Å². The van der Waals surface area contributed by atoms with Crippen molar-refractivity contribution in [1.29, 1.82) is 0 Å². The molecule has 1 aromatic heterocycles. The van der Waals surface area contributed by atoms with Gasteiger partial charge in [0.25, 0.3) is 0 Å². The molecule has 20 heavy (non-hydrogen) atoms. The fraction of sp³-hybridized carbons (Fsp3) is 0.800. The molecule has 4 rings (SSSR count). The molecule has 0 radical (unpaired) electrons. The largest absolute Gasteiger partial charge is 0.394 e. The molecule has 1 atom stereocenters. The molecular formula is C15H24N4O. The molecule has 5 nitrogen and oxygen atoms in total. The van der Waals surface area contributed by atoms with E-state index in [0.29, 0.717) is 12.0 Å². The van der Waals surface area contributed by atoms with E-state index >= 15 is 0 Å². The van der Waals surface area contributed by atoms with Crippen molar-refractivity contribution in [2.45, 2.75) is 50.4 Å². The van der Waals surface area contributed by atoms with E-state index < -0.39 is 0 Å². The number of hydrogen-bond acceptors (Lipinski definition) is 4. The van der Waals surface area contributed by atoms with Gasteiger partial charge >= 0.3 is 0 Å². The molecule has 110 valence electrons. The molecule has 1 aliphatic heterocycles. The third-order valence-corrected chi connectivity index (χ3v) is 5.04. The summed E-state index contributed by atoms with van der Waals surface area (Å²) in [5, 5.41) is 13.8. The van der Waals surface area contributed by atoms with Crippen LogP contribution < -0.4 is 5.32 Å². The standard InChI is InChI=1S/C15H24N4O/c20-11-15(12-1-2-12,17-13-3-4-13)10-18-7-8-19-6-5-16-14(19)9-18/h5-6,12-13,17,20H,1-4,7-11H2. The summed E-state index contributed by atoms with van der Waals surface area (Å²) in [7, 11) is 0. The molecule has 2 saturated carbocycles. The van der Waals surface area contributed by atoms with E-state index in [4.69, 9.17) is 0 Å². The van der Waals surface area contributed by atoms with E-state index in [1.165, 1.54) is 25.7 Å². The average Bonchev–Trinajstić information content (AvgIpc) is 3.37. The Morgan fingerprint density at radius 1 is 1.30 bits per heavy atom. The summed E-state index contributed by atoms with van der Waals surface area (Å²) in [5.41, 5.74) is -0.0735. The number of aliphatic hydroxyl groups excluding tert-OH is 1. The minimum absolute atomic E-state index is 0.0735. The molecule has 1 unspecified atom stereocenters. The van der Waals surface area contributed by atoms with Crippen molar-refractivity contribution in [1.82, 2.24) is 19.8 Å². The van der Waals surface area contributed by atoms with E-state index in [9.17, 15) is 5.11 Å². The Morgan fingerprint density at radius 2 is 2.15 bits per heavy atom. The number of nitrogens with one attached hydrogen (secondary N) is 1. The van der Waals surface area contributed by atoms with Gasteiger partial charge in [-0.3, -0.25) is 4.90 Å². The minimum Gasteiger partial charge on any atom is -0.394 e. The van der Waals surface area contributed by atoms with Crippen LogP contribution in [-0.4, -0.2) is 50.8 Å². The summed E-state index contributed by atoms with van der Waals surface area (Å²) >= 11 is 0. The molecule has 2 aliphatic carbocycles. The van der Waals surface area contributed by atoms with Crippen LogP contribution in [0, 0.1) is 5.92 Å². The number of imidazole rings is 1. The predicted molar refractivity (Wildman–Crippen MR) is 76.2 cm³/mol. The third-order valence-electron chi connectivity index (χ3n) is 5.04. The number of nitrogens with zero attached hydrogens (tertiary/aromatic N) is 3. The van der Waals surface area contributed by atoms with E-state index in [1.54, 1.807) is 0 Å². The minimum atomic E-state index is -0.0735. The molecule has 0 amide bonds. The van der Waals surface area contributed by atoms with Gasteiger partial charge in [-0.25, -0.2) is 4.98 Å². The second-order valence-corrected chi connectivity index (χ2v) is 6.75. The topological polar surface area (TPSA) is 53.3 Å². The number of fused-ring (bicyclic) bond motifs is 1. The molecule has 3 aliphatic rings. The lowest BCUT2D eigenvalue weighted by molar-refractivity contribution is 0.0758. The molecule has 2 heterocycles. The molecule has 2 N–H and O–H groups in total. The van der Waals surface area contributed by atoms with Crippen molar-refractivity contribution >= 4 is 0 Å². The Morgan fingerprint density at radius 3 is 2.85 bits per heavy atom. The van der Waals surface area contributed by atoms with Gasteiger partial charge in [0.2, 0.25) is 0 Å². The smallest absolute Gasteiger partial charge is 0.122 e. The zero-order valence-electron chi connectivity index (χ0n) is 12.0. The maximum atomic E-state index is 10.0. The van der Waals surface area contributed by atoms with Crippen molar-refractivity contribution in [2.75, 3.05) is 19.7 Å². The van der Waals surface area contributed by atoms with E-state index in [2.05, 4.69) is 26.0 Å². The first-order valence-corrected chi connectivity index (χ1v) is 7.90. The van der Waals surface area contributed by atoms with Crippen LogP contribution in [0.25, 0.3) is 0 Å². The summed E-state index contributed by atoms with van der Waals surface area (Å²) < 4.78 is 2.24. The van der Waals surface area contributed by atoms with Crippen LogP contribution in [0.15, 0.2) is 12.4 Å². The Hall–Kier alpha value is -0.910. The summed E-state index contributed by atoms with van der Waals surface area (Å²) in [6, 6.07) is 0.648. The van der Waals surface area contributed by atoms with Crippen molar-refractivity contribution in [3.8, 4) is 0 Å². The summed E-state index contributed by atoms with van der Waals surface area (Å²) in [5.74, 6) is 1.82. The molecule has 0 spiro atoms. The summed E-state index contributed by atoms with van der Waals surface area (Å²) in [6.07, 6.45) is 9.04. The van der Waals surface area contributed by atoms with Gasteiger partial charge in [0.05, 0.1) is 18.7 Å². The lowest BCUT2D eigenvalue weighted by Gasteiger charge is -2.40. The zero-order chi connectivity index (χ0) is 13.6. The van der Waals surface area contributed by atoms with Gasteiger partial charge < -0.3 is 15.0 Å². The zero-order valence-corrected chi connectivity index (χ0v) is 12.0. The van der Waals surface area contributed by atoms with Crippen LogP contribution in [-0.2, 0) is 13.1 Å². The first-order chi connectivity index (χ1) is 9.79. The van der Waals surface area contributed by atoms with Gasteiger partial charge in [-0.05, 0) is 31.6 Å². The first kappa shape index (κ1) is 12.8. The highest BCUT2D eigenvalue weighted by atomic mass is 16.3. The number of aromatic nitrogens is 2. The van der Waals surface area contributed by atoms with Crippen molar-refractivity contribution < 1.29 is 5.11 Å². The van der Waals surface area contributed by atoms with Crippen LogP contribution in [0.3, 0.4) is 0 Å². The second kappa shape index (κ2) is 4.83. The molecule has 0 aromatic carbocycles. The monoisotopic (exact) mass is 276 g/mol. The second-order valence-electron chi connectivity index (χ2n) is 6.75. The molecule has 2 fully saturated rings. The van der Waals surface area contributed by atoms with Gasteiger partial charge in [0.1, 0.15) is 5.82 Å². The van der Waals surface area contributed by atoms with Gasteiger partial charge in [-0.15, -0.1) is 0 Å². The first-order valence-electron chi connectivity index (χ1n) is 7.90. The van der Waals surface area contributed by atoms with Gasteiger partial charge in [0.15, 0.2) is 0 Å². The summed E-state index contributed by atoms with van der Waals surface area (Å²) in [6.45, 7) is 4.21. The molecule has 1 aromatic rings. The Balaban J connectivity index is 1.47. The van der Waals surface area contributed by atoms with Crippen molar-refractivity contribution in [2.24, 2.45) is 5.92 Å². The molecule has 5 heteroatoms. The Labute approximate surface area is 120 Å². The highest BCUT2D eigenvalue weighted by molar-refractivity contribution is 5.07. The maximum absolute atomic E-state index is 10.0. The van der Waals surface area contributed by atoms with E-state index in [-0.39, 0.29) is 12.1 Å². The highest BCUT2D eigenvalue weighted by Crippen LogP contribution is 2.42. The fourth-order valence-corrected chi connectivity index (χ4v) is 3.54. The van der Waals surface area contributed by atoms with Crippen molar-refractivity contribution in [3.63, 3.8) is 0 Å². The van der Waals surface area contributed by atoms with Gasteiger partial charge in [-0.1, -0.05) is 0 Å². The number of rotatable bonds is 6. The predicted octanol–water partition coefficient (Wildman–Crippen LogP) is 0.592. The van der Waals surface area contributed by atoms with Crippen LogP contribution in [0.5, 0.6) is 0 Å². The van der Waals surface area contributed by atoms with Crippen LogP contribution >= 0.6 is 0 Å². The number of hydrogen-bond donors (Lipinski definition) is 2.